The van der Waals surface area contributed by atoms with Gasteiger partial charge in [0.25, 0.3) is 0 Å². The van der Waals surface area contributed by atoms with Crippen LogP contribution in [0.2, 0.25) is 0 Å². The van der Waals surface area contributed by atoms with E-state index in [4.69, 9.17) is 0 Å². The first kappa shape index (κ1) is 14.1. The Kier molecular flexibility index (Phi) is 3.95. The van der Waals surface area contributed by atoms with Gasteiger partial charge in [0, 0.05) is 14.1 Å². The van der Waals surface area contributed by atoms with Crippen molar-refractivity contribution in [3.8, 4) is 0 Å². The molecular formula is C16H24N2O. The SMILES string of the molecule is CC(C)Cc1ccc(C2(C(=O)NN(C)C)CC2)cc1. The van der Waals surface area contributed by atoms with Crippen LogP contribution in [0, 0.1) is 5.92 Å². The highest BCUT2D eigenvalue weighted by Gasteiger charge is 2.51. The number of hydrogen-bond donors (Lipinski definition) is 1. The van der Waals surface area contributed by atoms with Gasteiger partial charge in [0.2, 0.25) is 5.91 Å². The van der Waals surface area contributed by atoms with Gasteiger partial charge >= 0.3 is 0 Å². The van der Waals surface area contributed by atoms with Gasteiger partial charge in [0.05, 0.1) is 5.41 Å². The van der Waals surface area contributed by atoms with E-state index in [0.29, 0.717) is 5.92 Å². The maximum atomic E-state index is 12.2. The highest BCUT2D eigenvalue weighted by Crippen LogP contribution is 2.48. The molecule has 0 aliphatic heterocycles. The van der Waals surface area contributed by atoms with Crippen LogP contribution in [-0.2, 0) is 16.6 Å². The van der Waals surface area contributed by atoms with Crippen LogP contribution >= 0.6 is 0 Å². The second-order valence-corrected chi connectivity index (χ2v) is 6.21. The van der Waals surface area contributed by atoms with Crippen LogP contribution in [0.3, 0.4) is 0 Å². The Morgan fingerprint density at radius 3 is 2.26 bits per heavy atom. The molecule has 0 bridgehead atoms. The molecule has 1 fully saturated rings. The number of benzene rings is 1. The van der Waals surface area contributed by atoms with E-state index in [1.807, 2.05) is 14.1 Å². The highest BCUT2D eigenvalue weighted by atomic mass is 16.2. The molecule has 1 saturated carbocycles. The summed E-state index contributed by atoms with van der Waals surface area (Å²) in [6.07, 6.45) is 3.00. The number of rotatable bonds is 5. The van der Waals surface area contributed by atoms with Gasteiger partial charge in [-0.1, -0.05) is 38.1 Å². The molecule has 2 rings (SSSR count). The van der Waals surface area contributed by atoms with Crippen LogP contribution in [-0.4, -0.2) is 25.0 Å². The maximum absolute atomic E-state index is 12.2. The first-order valence-corrected chi connectivity index (χ1v) is 7.02. The molecule has 1 N–H and O–H groups in total. The zero-order valence-corrected chi connectivity index (χ0v) is 12.4. The second kappa shape index (κ2) is 5.33. The number of nitrogens with one attached hydrogen (secondary N) is 1. The van der Waals surface area contributed by atoms with Gasteiger partial charge in [-0.25, -0.2) is 5.01 Å². The standard InChI is InChI=1S/C16H24N2O/c1-12(2)11-13-5-7-14(8-6-13)16(9-10-16)15(19)17-18(3)4/h5-8,12H,9-11H2,1-4H3,(H,17,19). The van der Waals surface area contributed by atoms with Crippen LogP contribution in [0.5, 0.6) is 0 Å². The van der Waals surface area contributed by atoms with Crippen molar-refractivity contribution in [3.63, 3.8) is 0 Å². The molecule has 0 aromatic heterocycles. The third kappa shape index (κ3) is 3.16. The summed E-state index contributed by atoms with van der Waals surface area (Å²) in [5, 5.41) is 1.72. The quantitative estimate of drug-likeness (QED) is 0.825. The first-order valence-electron chi connectivity index (χ1n) is 7.02. The third-order valence-corrected chi connectivity index (χ3v) is 3.66. The van der Waals surface area contributed by atoms with Crippen LogP contribution in [0.1, 0.15) is 37.8 Å². The lowest BCUT2D eigenvalue weighted by Crippen LogP contribution is -2.42. The molecule has 1 aromatic rings. The minimum Gasteiger partial charge on any atom is -0.289 e. The normalized spacial score (nSPS) is 16.7. The molecule has 0 unspecified atom stereocenters. The number of carbonyl (C=O) groups excluding carboxylic acids is 1. The summed E-state index contributed by atoms with van der Waals surface area (Å²) in [6, 6.07) is 8.58. The molecule has 104 valence electrons. The van der Waals surface area contributed by atoms with E-state index < -0.39 is 0 Å². The molecular weight excluding hydrogens is 236 g/mol. The number of hydrazine groups is 1. The van der Waals surface area contributed by atoms with E-state index >= 15 is 0 Å². The number of hydrogen-bond acceptors (Lipinski definition) is 2. The predicted molar refractivity (Wildman–Crippen MR) is 77.7 cm³/mol. The molecule has 1 aliphatic carbocycles. The van der Waals surface area contributed by atoms with Crippen molar-refractivity contribution in [3.05, 3.63) is 35.4 Å². The summed E-state index contributed by atoms with van der Waals surface area (Å²) in [7, 11) is 3.69. The Balaban J connectivity index is 2.11. The summed E-state index contributed by atoms with van der Waals surface area (Å²) in [4.78, 5) is 12.2. The van der Waals surface area contributed by atoms with Gasteiger partial charge in [-0.2, -0.15) is 0 Å². The zero-order valence-electron chi connectivity index (χ0n) is 12.4. The topological polar surface area (TPSA) is 32.3 Å². The number of carbonyl (C=O) groups is 1. The van der Waals surface area contributed by atoms with Gasteiger partial charge in [0.15, 0.2) is 0 Å². The van der Waals surface area contributed by atoms with Gasteiger partial charge in [-0.3, -0.25) is 10.2 Å². The molecule has 0 spiro atoms. The van der Waals surface area contributed by atoms with E-state index in [0.717, 1.165) is 24.8 Å². The average molecular weight is 260 g/mol. The molecule has 3 heteroatoms. The average Bonchev–Trinajstić information content (AvgIpc) is 3.09. The monoisotopic (exact) mass is 260 g/mol. The van der Waals surface area contributed by atoms with Gasteiger partial charge in [-0.15, -0.1) is 0 Å². The summed E-state index contributed by atoms with van der Waals surface area (Å²) < 4.78 is 0. The Morgan fingerprint density at radius 2 is 1.84 bits per heavy atom. The van der Waals surface area contributed by atoms with Gasteiger partial charge < -0.3 is 0 Å². The second-order valence-electron chi connectivity index (χ2n) is 6.21. The van der Waals surface area contributed by atoms with Crippen molar-refractivity contribution in [1.82, 2.24) is 10.4 Å². The third-order valence-electron chi connectivity index (χ3n) is 3.66. The summed E-state index contributed by atoms with van der Waals surface area (Å²) >= 11 is 0. The molecule has 1 aliphatic rings. The van der Waals surface area contributed by atoms with Crippen molar-refractivity contribution < 1.29 is 4.79 Å². The lowest BCUT2D eigenvalue weighted by Gasteiger charge is -2.19. The Hall–Kier alpha value is -1.35. The van der Waals surface area contributed by atoms with E-state index in [1.165, 1.54) is 5.56 Å². The minimum atomic E-state index is -0.277. The van der Waals surface area contributed by atoms with Crippen LogP contribution < -0.4 is 5.43 Å². The molecule has 0 heterocycles. The lowest BCUT2D eigenvalue weighted by molar-refractivity contribution is -0.127. The molecule has 0 radical (unpaired) electrons. The van der Waals surface area contributed by atoms with E-state index in [-0.39, 0.29) is 11.3 Å². The largest absolute Gasteiger partial charge is 0.289 e. The van der Waals surface area contributed by atoms with E-state index in [9.17, 15) is 4.79 Å². The van der Waals surface area contributed by atoms with E-state index in [2.05, 4.69) is 43.5 Å². The molecule has 1 aromatic carbocycles. The van der Waals surface area contributed by atoms with E-state index in [1.54, 1.807) is 5.01 Å². The highest BCUT2D eigenvalue weighted by molar-refractivity contribution is 5.90. The van der Waals surface area contributed by atoms with Crippen molar-refractivity contribution in [1.29, 1.82) is 0 Å². The van der Waals surface area contributed by atoms with Crippen molar-refractivity contribution in [2.75, 3.05) is 14.1 Å². The van der Waals surface area contributed by atoms with Crippen LogP contribution in [0.25, 0.3) is 0 Å². The smallest absolute Gasteiger partial charge is 0.244 e. The molecule has 19 heavy (non-hydrogen) atoms. The van der Waals surface area contributed by atoms with Crippen LogP contribution in [0.15, 0.2) is 24.3 Å². The van der Waals surface area contributed by atoms with Crippen molar-refractivity contribution in [2.45, 2.75) is 38.5 Å². The zero-order chi connectivity index (χ0) is 14.0. The van der Waals surface area contributed by atoms with Crippen molar-refractivity contribution >= 4 is 5.91 Å². The fourth-order valence-corrected chi connectivity index (χ4v) is 2.51. The Labute approximate surface area is 116 Å². The lowest BCUT2D eigenvalue weighted by atomic mass is 9.93. The molecule has 0 atom stereocenters. The van der Waals surface area contributed by atoms with Gasteiger partial charge in [-0.05, 0) is 36.3 Å². The van der Waals surface area contributed by atoms with Crippen molar-refractivity contribution in [2.24, 2.45) is 5.92 Å². The fraction of sp³-hybridized carbons (Fsp3) is 0.562. The number of amides is 1. The maximum Gasteiger partial charge on any atom is 0.244 e. The summed E-state index contributed by atoms with van der Waals surface area (Å²) in [6.45, 7) is 4.45. The predicted octanol–water partition coefficient (Wildman–Crippen LogP) is 2.51. The number of nitrogens with zero attached hydrogens (tertiary/aromatic N) is 1. The molecule has 3 nitrogen and oxygen atoms in total. The Bertz CT molecular complexity index is 444. The molecule has 1 amide bonds. The first-order chi connectivity index (χ1) is 8.94. The summed E-state index contributed by atoms with van der Waals surface area (Å²) in [5.74, 6) is 0.784. The Morgan fingerprint density at radius 1 is 1.26 bits per heavy atom. The fourth-order valence-electron chi connectivity index (χ4n) is 2.51. The molecule has 0 saturated heterocycles. The summed E-state index contributed by atoms with van der Waals surface area (Å²) in [5.41, 5.74) is 5.11. The van der Waals surface area contributed by atoms with Gasteiger partial charge in [0.1, 0.15) is 0 Å². The minimum absolute atomic E-state index is 0.120. The van der Waals surface area contributed by atoms with Crippen LogP contribution in [0.4, 0.5) is 0 Å².